The number of rotatable bonds is 8. The van der Waals surface area contributed by atoms with Gasteiger partial charge in [0.15, 0.2) is 11.5 Å². The van der Waals surface area contributed by atoms with E-state index in [1.54, 1.807) is 26.3 Å². The van der Waals surface area contributed by atoms with Gasteiger partial charge in [0.25, 0.3) is 10.2 Å². The van der Waals surface area contributed by atoms with Crippen molar-refractivity contribution in [1.29, 1.82) is 0 Å². The molecule has 0 N–H and O–H groups in total. The van der Waals surface area contributed by atoms with Crippen molar-refractivity contribution in [1.82, 2.24) is 8.61 Å². The van der Waals surface area contributed by atoms with Crippen LogP contribution in [0.25, 0.3) is 0 Å². The summed E-state index contributed by atoms with van der Waals surface area (Å²) in [4.78, 5) is 0. The molecule has 7 heteroatoms. The fraction of sp³-hybridized carbons (Fsp3) is 0.333. The second-order valence-corrected chi connectivity index (χ2v) is 8.06. The molecule has 0 heterocycles. The van der Waals surface area contributed by atoms with E-state index in [1.165, 1.54) is 22.7 Å². The minimum Gasteiger partial charge on any atom is -0.493 e. The van der Waals surface area contributed by atoms with E-state index in [-0.39, 0.29) is 6.54 Å². The Morgan fingerprint density at radius 1 is 0.920 bits per heavy atom. The predicted molar refractivity (Wildman–Crippen MR) is 97.8 cm³/mol. The quantitative estimate of drug-likeness (QED) is 0.722. The number of nitrogens with zero attached hydrogens (tertiary/aromatic N) is 2. The van der Waals surface area contributed by atoms with Crippen LogP contribution in [0.15, 0.2) is 48.5 Å². The van der Waals surface area contributed by atoms with E-state index in [9.17, 15) is 8.42 Å². The van der Waals surface area contributed by atoms with Crippen molar-refractivity contribution in [3.63, 3.8) is 0 Å². The fourth-order valence-corrected chi connectivity index (χ4v) is 3.15. The van der Waals surface area contributed by atoms with E-state index in [1.807, 2.05) is 36.4 Å². The van der Waals surface area contributed by atoms with Crippen molar-refractivity contribution >= 4 is 10.2 Å². The monoisotopic (exact) mass is 364 g/mol. The van der Waals surface area contributed by atoms with E-state index < -0.39 is 10.2 Å². The van der Waals surface area contributed by atoms with E-state index in [2.05, 4.69) is 0 Å². The third kappa shape index (κ3) is 4.94. The van der Waals surface area contributed by atoms with Gasteiger partial charge in [0, 0.05) is 27.7 Å². The summed E-state index contributed by atoms with van der Waals surface area (Å²) in [5.41, 5.74) is 1.88. The van der Waals surface area contributed by atoms with E-state index in [0.717, 1.165) is 11.1 Å². The lowest BCUT2D eigenvalue weighted by atomic mass is 10.2. The Hall–Kier alpha value is -2.09. The maximum Gasteiger partial charge on any atom is 0.281 e. The molecule has 0 fully saturated rings. The molecule has 0 bridgehead atoms. The Morgan fingerprint density at radius 2 is 1.60 bits per heavy atom. The Morgan fingerprint density at radius 3 is 2.20 bits per heavy atom. The first-order valence-corrected chi connectivity index (χ1v) is 9.21. The molecule has 0 aliphatic carbocycles. The third-order valence-corrected chi connectivity index (χ3v) is 5.57. The molecule has 0 saturated heterocycles. The molecule has 0 atom stereocenters. The van der Waals surface area contributed by atoms with Crippen LogP contribution >= 0.6 is 0 Å². The maximum absolute atomic E-state index is 12.1. The van der Waals surface area contributed by atoms with Gasteiger partial charge in [0.1, 0.15) is 6.61 Å². The molecule has 0 radical (unpaired) electrons. The van der Waals surface area contributed by atoms with Gasteiger partial charge in [-0.2, -0.15) is 17.0 Å². The van der Waals surface area contributed by atoms with Crippen LogP contribution in [0.2, 0.25) is 0 Å². The van der Waals surface area contributed by atoms with Crippen LogP contribution in [0.5, 0.6) is 11.5 Å². The van der Waals surface area contributed by atoms with Crippen molar-refractivity contribution in [3.8, 4) is 11.5 Å². The minimum atomic E-state index is -3.46. The average molecular weight is 364 g/mol. The topological polar surface area (TPSA) is 59.1 Å². The molecule has 0 aliphatic rings. The Labute approximate surface area is 149 Å². The lowest BCUT2D eigenvalue weighted by Gasteiger charge is -2.21. The van der Waals surface area contributed by atoms with Gasteiger partial charge < -0.3 is 9.47 Å². The Bertz CT molecular complexity index is 792. The van der Waals surface area contributed by atoms with Crippen LogP contribution in [0.1, 0.15) is 11.1 Å². The first-order valence-electron chi connectivity index (χ1n) is 7.82. The normalized spacial score (nSPS) is 11.8. The average Bonchev–Trinajstić information content (AvgIpc) is 2.61. The first-order chi connectivity index (χ1) is 11.8. The highest BCUT2D eigenvalue weighted by Crippen LogP contribution is 2.29. The van der Waals surface area contributed by atoms with Crippen molar-refractivity contribution in [2.24, 2.45) is 0 Å². The van der Waals surface area contributed by atoms with Crippen LogP contribution in [-0.4, -0.2) is 45.3 Å². The largest absolute Gasteiger partial charge is 0.493 e. The van der Waals surface area contributed by atoms with Crippen LogP contribution in [0, 0.1) is 0 Å². The van der Waals surface area contributed by atoms with Gasteiger partial charge in [0.2, 0.25) is 0 Å². The molecule has 0 spiro atoms. The van der Waals surface area contributed by atoms with Gasteiger partial charge >= 0.3 is 0 Å². The number of methoxy groups -OCH3 is 1. The van der Waals surface area contributed by atoms with Gasteiger partial charge in [-0.3, -0.25) is 0 Å². The molecule has 2 rings (SSSR count). The van der Waals surface area contributed by atoms with Gasteiger partial charge in [-0.25, -0.2) is 0 Å². The summed E-state index contributed by atoms with van der Waals surface area (Å²) >= 11 is 0. The standard InChI is InChI=1S/C18H24N2O4S/c1-19(2)25(21,22)20(3)13-16-10-11-17(18(12-16)23-4)24-14-15-8-6-5-7-9-15/h5-12H,13-14H2,1-4H3. The van der Waals surface area contributed by atoms with Gasteiger partial charge in [-0.15, -0.1) is 0 Å². The highest BCUT2D eigenvalue weighted by atomic mass is 32.2. The second kappa shape index (κ2) is 8.33. The predicted octanol–water partition coefficient (Wildman–Crippen LogP) is 2.51. The summed E-state index contributed by atoms with van der Waals surface area (Å²) in [5.74, 6) is 1.19. The maximum atomic E-state index is 12.1. The zero-order chi connectivity index (χ0) is 18.4. The van der Waals surface area contributed by atoms with Gasteiger partial charge in [0.05, 0.1) is 7.11 Å². The van der Waals surface area contributed by atoms with E-state index in [4.69, 9.17) is 9.47 Å². The van der Waals surface area contributed by atoms with Crippen LogP contribution in [-0.2, 0) is 23.4 Å². The molecule has 0 unspecified atom stereocenters. The Balaban J connectivity index is 2.11. The molecule has 0 amide bonds. The highest BCUT2D eigenvalue weighted by Gasteiger charge is 2.21. The Kier molecular flexibility index (Phi) is 6.41. The summed E-state index contributed by atoms with van der Waals surface area (Å²) in [6.07, 6.45) is 0. The van der Waals surface area contributed by atoms with Crippen LogP contribution in [0.4, 0.5) is 0 Å². The molecule has 2 aromatic rings. The zero-order valence-corrected chi connectivity index (χ0v) is 15.8. The minimum absolute atomic E-state index is 0.246. The first kappa shape index (κ1) is 19.2. The fourth-order valence-electron chi connectivity index (χ4n) is 2.28. The molecular weight excluding hydrogens is 340 g/mol. The molecule has 0 aromatic heterocycles. The van der Waals surface area contributed by atoms with E-state index >= 15 is 0 Å². The third-order valence-electron chi connectivity index (χ3n) is 3.73. The smallest absolute Gasteiger partial charge is 0.281 e. The van der Waals surface area contributed by atoms with Gasteiger partial charge in [-0.1, -0.05) is 36.4 Å². The van der Waals surface area contributed by atoms with Crippen molar-refractivity contribution < 1.29 is 17.9 Å². The number of hydrogen-bond acceptors (Lipinski definition) is 4. The summed E-state index contributed by atoms with van der Waals surface area (Å²) < 4.78 is 37.9. The van der Waals surface area contributed by atoms with Crippen LogP contribution < -0.4 is 9.47 Å². The number of hydrogen-bond donors (Lipinski definition) is 0. The molecule has 0 aliphatic heterocycles. The van der Waals surface area contributed by atoms with Crippen LogP contribution in [0.3, 0.4) is 0 Å². The second-order valence-electron chi connectivity index (χ2n) is 5.81. The lowest BCUT2D eigenvalue weighted by molar-refractivity contribution is 0.284. The zero-order valence-electron chi connectivity index (χ0n) is 15.0. The molecule has 136 valence electrons. The summed E-state index contributed by atoms with van der Waals surface area (Å²) in [6, 6.07) is 15.3. The van der Waals surface area contributed by atoms with Crippen molar-refractivity contribution in [2.45, 2.75) is 13.2 Å². The SMILES string of the molecule is COc1cc(CN(C)S(=O)(=O)N(C)C)ccc1OCc1ccccc1. The molecule has 0 saturated carbocycles. The van der Waals surface area contributed by atoms with Crippen molar-refractivity contribution in [2.75, 3.05) is 28.3 Å². The highest BCUT2D eigenvalue weighted by molar-refractivity contribution is 7.86. The lowest BCUT2D eigenvalue weighted by Crippen LogP contribution is -2.36. The molecule has 2 aromatic carbocycles. The number of benzene rings is 2. The molecular formula is C18H24N2O4S. The van der Waals surface area contributed by atoms with Crippen molar-refractivity contribution in [3.05, 3.63) is 59.7 Å². The summed E-state index contributed by atoms with van der Waals surface area (Å²) in [7, 11) is 2.66. The summed E-state index contributed by atoms with van der Waals surface area (Å²) in [6.45, 7) is 0.682. The number of ether oxygens (including phenoxy) is 2. The molecule has 25 heavy (non-hydrogen) atoms. The summed E-state index contributed by atoms with van der Waals surface area (Å²) in [5, 5.41) is 0. The van der Waals surface area contributed by atoms with Gasteiger partial charge in [-0.05, 0) is 23.3 Å². The van der Waals surface area contributed by atoms with E-state index in [0.29, 0.717) is 18.1 Å². The molecule has 6 nitrogen and oxygen atoms in total.